The van der Waals surface area contributed by atoms with Crippen LogP contribution >= 0.6 is 0 Å². The van der Waals surface area contributed by atoms with Gasteiger partial charge in [0.15, 0.2) is 0 Å². The Balaban J connectivity index is 1.86. The van der Waals surface area contributed by atoms with Crippen LogP contribution in [0.25, 0.3) is 0 Å². The van der Waals surface area contributed by atoms with Gasteiger partial charge in [0.2, 0.25) is 0 Å². The van der Waals surface area contributed by atoms with Crippen LogP contribution in [-0.4, -0.2) is 40.5 Å². The molecule has 0 radical (unpaired) electrons. The molecule has 1 saturated heterocycles. The minimum absolute atomic E-state index is 0.244. The van der Waals surface area contributed by atoms with E-state index in [0.717, 1.165) is 18.5 Å². The molecule has 17 heavy (non-hydrogen) atoms. The normalized spacial score (nSPS) is 19.8. The molecule has 3 nitrogen and oxygen atoms in total. The number of nitrogens with zero attached hydrogens (tertiary/aromatic N) is 3. The van der Waals surface area contributed by atoms with Gasteiger partial charge >= 0.3 is 6.18 Å². The first kappa shape index (κ1) is 12.4. The summed E-state index contributed by atoms with van der Waals surface area (Å²) in [4.78, 5) is 1.47. The average molecular weight is 247 g/mol. The Morgan fingerprint density at radius 3 is 2.47 bits per heavy atom. The van der Waals surface area contributed by atoms with Crippen LogP contribution in [0.3, 0.4) is 0 Å². The van der Waals surface area contributed by atoms with Crippen LogP contribution in [0, 0.1) is 6.92 Å². The van der Waals surface area contributed by atoms with Crippen LogP contribution in [0.1, 0.15) is 24.6 Å². The maximum Gasteiger partial charge on any atom is 0.401 e. The van der Waals surface area contributed by atoms with Crippen LogP contribution in [0.2, 0.25) is 0 Å². The number of piperidine rings is 1. The molecule has 0 N–H and O–H groups in total. The maximum atomic E-state index is 12.2. The van der Waals surface area contributed by atoms with Crippen molar-refractivity contribution in [2.24, 2.45) is 0 Å². The van der Waals surface area contributed by atoms with E-state index in [9.17, 15) is 13.2 Å². The summed E-state index contributed by atoms with van der Waals surface area (Å²) in [7, 11) is 0. The van der Waals surface area contributed by atoms with Crippen molar-refractivity contribution < 1.29 is 13.2 Å². The molecule has 1 fully saturated rings. The van der Waals surface area contributed by atoms with Gasteiger partial charge in [0.25, 0.3) is 0 Å². The Bertz CT molecular complexity index is 364. The molecular weight excluding hydrogens is 231 g/mol. The number of hydrogen-bond donors (Lipinski definition) is 0. The molecule has 0 unspecified atom stereocenters. The van der Waals surface area contributed by atoms with Crippen molar-refractivity contribution in [3.05, 3.63) is 18.0 Å². The summed E-state index contributed by atoms with van der Waals surface area (Å²) >= 11 is 0. The fourth-order valence-corrected chi connectivity index (χ4v) is 2.23. The number of aromatic nitrogens is 2. The molecule has 1 aromatic heterocycles. The van der Waals surface area contributed by atoms with Crippen molar-refractivity contribution in [1.29, 1.82) is 0 Å². The molecule has 2 heterocycles. The molecule has 0 atom stereocenters. The van der Waals surface area contributed by atoms with E-state index in [4.69, 9.17) is 0 Å². The molecule has 6 heteroatoms. The molecule has 1 aliphatic rings. The second kappa shape index (κ2) is 4.68. The highest BCUT2D eigenvalue weighted by molar-refractivity contribution is 4.96. The van der Waals surface area contributed by atoms with Crippen molar-refractivity contribution >= 4 is 0 Å². The van der Waals surface area contributed by atoms with E-state index in [0.29, 0.717) is 13.1 Å². The molecule has 96 valence electrons. The van der Waals surface area contributed by atoms with Crippen molar-refractivity contribution in [1.82, 2.24) is 14.7 Å². The van der Waals surface area contributed by atoms with Crippen LogP contribution in [0.15, 0.2) is 12.3 Å². The third-order valence-electron chi connectivity index (χ3n) is 3.08. The SMILES string of the molecule is Cc1ccn(C2CCN(CC(F)(F)F)CC2)n1. The van der Waals surface area contributed by atoms with E-state index >= 15 is 0 Å². The zero-order valence-corrected chi connectivity index (χ0v) is 9.74. The van der Waals surface area contributed by atoms with Crippen molar-refractivity contribution in [3.8, 4) is 0 Å². The van der Waals surface area contributed by atoms with E-state index in [1.165, 1.54) is 4.90 Å². The van der Waals surface area contributed by atoms with Gasteiger partial charge in [0.1, 0.15) is 0 Å². The van der Waals surface area contributed by atoms with Gasteiger partial charge in [-0.05, 0) is 25.8 Å². The third-order valence-corrected chi connectivity index (χ3v) is 3.08. The first-order chi connectivity index (χ1) is 7.94. The highest BCUT2D eigenvalue weighted by Crippen LogP contribution is 2.25. The molecule has 0 amide bonds. The molecule has 0 aromatic carbocycles. The number of halogens is 3. The average Bonchev–Trinajstić information content (AvgIpc) is 2.63. The monoisotopic (exact) mass is 247 g/mol. The van der Waals surface area contributed by atoms with E-state index in [1.54, 1.807) is 0 Å². The van der Waals surface area contributed by atoms with E-state index in [2.05, 4.69) is 5.10 Å². The molecule has 0 spiro atoms. The lowest BCUT2D eigenvalue weighted by Gasteiger charge is -2.32. The number of aryl methyl sites for hydroxylation is 1. The molecule has 2 rings (SSSR count). The zero-order valence-electron chi connectivity index (χ0n) is 9.74. The maximum absolute atomic E-state index is 12.2. The van der Waals surface area contributed by atoms with E-state index < -0.39 is 12.7 Å². The lowest BCUT2D eigenvalue weighted by Crippen LogP contribution is -2.40. The van der Waals surface area contributed by atoms with Crippen LogP contribution < -0.4 is 0 Å². The largest absolute Gasteiger partial charge is 0.401 e. The van der Waals surface area contributed by atoms with Gasteiger partial charge in [0, 0.05) is 19.3 Å². The van der Waals surface area contributed by atoms with E-state index in [1.807, 2.05) is 23.9 Å². The quantitative estimate of drug-likeness (QED) is 0.800. The van der Waals surface area contributed by atoms with Crippen LogP contribution in [-0.2, 0) is 0 Å². The van der Waals surface area contributed by atoms with Gasteiger partial charge < -0.3 is 0 Å². The second-order valence-corrected chi connectivity index (χ2v) is 4.56. The fraction of sp³-hybridized carbons (Fsp3) is 0.727. The van der Waals surface area contributed by atoms with Gasteiger partial charge in [-0.3, -0.25) is 9.58 Å². The van der Waals surface area contributed by atoms with Gasteiger partial charge in [-0.25, -0.2) is 0 Å². The van der Waals surface area contributed by atoms with Crippen LogP contribution in [0.4, 0.5) is 13.2 Å². The molecular formula is C11H16F3N3. The topological polar surface area (TPSA) is 21.1 Å². The van der Waals surface area contributed by atoms with E-state index in [-0.39, 0.29) is 6.04 Å². The van der Waals surface area contributed by atoms with Gasteiger partial charge in [-0.1, -0.05) is 0 Å². The standard InChI is InChI=1S/C11H16F3N3/c1-9-2-7-17(15-9)10-3-5-16(6-4-10)8-11(12,13)14/h2,7,10H,3-6,8H2,1H3. The summed E-state index contributed by atoms with van der Waals surface area (Å²) in [5, 5.41) is 4.31. The summed E-state index contributed by atoms with van der Waals surface area (Å²) < 4.78 is 38.5. The van der Waals surface area contributed by atoms with Gasteiger partial charge in [0.05, 0.1) is 18.3 Å². The molecule has 1 aromatic rings. The first-order valence-corrected chi connectivity index (χ1v) is 5.75. The Labute approximate surface area is 98.2 Å². The second-order valence-electron chi connectivity index (χ2n) is 4.56. The zero-order chi connectivity index (χ0) is 12.5. The Morgan fingerprint density at radius 2 is 2.00 bits per heavy atom. The fourth-order valence-electron chi connectivity index (χ4n) is 2.23. The lowest BCUT2D eigenvalue weighted by atomic mass is 10.1. The predicted octanol–water partition coefficient (Wildman–Crippen LogP) is 2.39. The van der Waals surface area contributed by atoms with Crippen molar-refractivity contribution in [2.45, 2.75) is 32.0 Å². The minimum atomic E-state index is -4.09. The minimum Gasteiger partial charge on any atom is -0.295 e. The third kappa shape index (κ3) is 3.46. The Morgan fingerprint density at radius 1 is 1.35 bits per heavy atom. The molecule has 0 saturated carbocycles. The Hall–Kier alpha value is -1.04. The summed E-state index contributed by atoms with van der Waals surface area (Å²) in [6.45, 7) is 2.10. The molecule has 1 aliphatic heterocycles. The smallest absolute Gasteiger partial charge is 0.295 e. The predicted molar refractivity (Wildman–Crippen MR) is 57.7 cm³/mol. The number of hydrogen-bond acceptors (Lipinski definition) is 2. The highest BCUT2D eigenvalue weighted by Gasteiger charge is 2.32. The molecule has 0 bridgehead atoms. The van der Waals surface area contributed by atoms with Crippen molar-refractivity contribution in [2.75, 3.05) is 19.6 Å². The number of likely N-dealkylation sites (tertiary alicyclic amines) is 1. The lowest BCUT2D eigenvalue weighted by molar-refractivity contribution is -0.148. The van der Waals surface area contributed by atoms with Crippen LogP contribution in [0.5, 0.6) is 0 Å². The first-order valence-electron chi connectivity index (χ1n) is 5.75. The molecule has 0 aliphatic carbocycles. The van der Waals surface area contributed by atoms with Gasteiger partial charge in [-0.2, -0.15) is 18.3 Å². The number of rotatable bonds is 2. The summed E-state index contributed by atoms with van der Waals surface area (Å²) in [5.74, 6) is 0. The summed E-state index contributed by atoms with van der Waals surface area (Å²) in [6, 6.07) is 2.16. The van der Waals surface area contributed by atoms with Gasteiger partial charge in [-0.15, -0.1) is 0 Å². The summed E-state index contributed by atoms with van der Waals surface area (Å²) in [6.07, 6.45) is -0.719. The summed E-state index contributed by atoms with van der Waals surface area (Å²) in [5.41, 5.74) is 0.947. The van der Waals surface area contributed by atoms with Crippen molar-refractivity contribution in [3.63, 3.8) is 0 Å². The highest BCUT2D eigenvalue weighted by atomic mass is 19.4. The number of alkyl halides is 3. The Kier molecular flexibility index (Phi) is 3.42.